The lowest BCUT2D eigenvalue weighted by Crippen LogP contribution is -2.13. The number of hydrogen-bond acceptors (Lipinski definition) is 7. The summed E-state index contributed by atoms with van der Waals surface area (Å²) in [4.78, 5) is 20.9. The van der Waals surface area contributed by atoms with Crippen molar-refractivity contribution in [2.24, 2.45) is 0 Å². The molecule has 1 aromatic carbocycles. The van der Waals surface area contributed by atoms with Gasteiger partial charge in [0.15, 0.2) is 5.82 Å². The minimum atomic E-state index is 0.632. The number of fused-ring (bicyclic) bond motifs is 3. The van der Waals surface area contributed by atoms with Gasteiger partial charge in [0, 0.05) is 36.6 Å². The van der Waals surface area contributed by atoms with Gasteiger partial charge in [-0.3, -0.25) is 0 Å². The second kappa shape index (κ2) is 5.95. The fraction of sp³-hybridized carbons (Fsp3) is 0.125. The summed E-state index contributed by atoms with van der Waals surface area (Å²) in [5, 5.41) is 3.39. The molecule has 0 bridgehead atoms. The first kappa shape index (κ1) is 15.2. The Kier molecular flexibility index (Phi) is 3.78. The highest BCUT2D eigenvalue weighted by Gasteiger charge is 2.16. The summed E-state index contributed by atoms with van der Waals surface area (Å²) >= 11 is 4.99. The van der Waals surface area contributed by atoms with Crippen LogP contribution in [0.5, 0.6) is 0 Å². The number of nitrogens with one attached hydrogen (secondary N) is 1. The monoisotopic (exact) mass is 400 g/mol. The normalized spacial score (nSPS) is 11.1. The van der Waals surface area contributed by atoms with Crippen LogP contribution in [0.1, 0.15) is 0 Å². The largest absolute Gasteiger partial charge is 0.347 e. The topological polar surface area (TPSA) is 66.8 Å². The first-order valence-corrected chi connectivity index (χ1v) is 8.84. The highest BCUT2D eigenvalue weighted by molar-refractivity contribution is 9.10. The first-order chi connectivity index (χ1) is 11.6. The molecule has 0 aliphatic carbocycles. The number of halogens is 1. The van der Waals surface area contributed by atoms with Gasteiger partial charge in [0.2, 0.25) is 5.95 Å². The molecule has 4 rings (SSSR count). The Morgan fingerprint density at radius 1 is 1.00 bits per heavy atom. The van der Waals surface area contributed by atoms with E-state index in [1.54, 1.807) is 23.7 Å². The fourth-order valence-corrected chi connectivity index (χ4v) is 3.56. The Balaban J connectivity index is 1.93. The zero-order chi connectivity index (χ0) is 16.7. The third kappa shape index (κ3) is 2.67. The molecule has 1 N–H and O–H groups in total. The molecule has 3 heterocycles. The predicted octanol–water partition coefficient (Wildman–Crippen LogP) is 4.21. The lowest BCUT2D eigenvalue weighted by atomic mass is 10.3. The molecule has 0 saturated carbocycles. The van der Waals surface area contributed by atoms with E-state index in [2.05, 4.69) is 41.2 Å². The third-order valence-electron chi connectivity index (χ3n) is 3.45. The number of thiophene rings is 1. The number of benzene rings is 1. The quantitative estimate of drug-likeness (QED) is 0.555. The van der Waals surface area contributed by atoms with Crippen LogP contribution in [0.2, 0.25) is 0 Å². The molecule has 120 valence electrons. The van der Waals surface area contributed by atoms with Gasteiger partial charge in [-0.2, -0.15) is 4.98 Å². The van der Waals surface area contributed by atoms with E-state index in [0.717, 1.165) is 36.5 Å². The maximum atomic E-state index is 4.66. The number of nitrogens with zero attached hydrogens (tertiary/aromatic N) is 5. The summed E-state index contributed by atoms with van der Waals surface area (Å²) in [5.74, 6) is 1.39. The summed E-state index contributed by atoms with van der Waals surface area (Å²) in [6.07, 6.45) is 3.38. The Hall–Kier alpha value is -2.32. The number of rotatable bonds is 3. The second-order valence-corrected chi connectivity index (χ2v) is 7.30. The van der Waals surface area contributed by atoms with E-state index >= 15 is 0 Å². The van der Waals surface area contributed by atoms with E-state index < -0.39 is 0 Å². The molecule has 24 heavy (non-hydrogen) atoms. The van der Waals surface area contributed by atoms with E-state index in [-0.39, 0.29) is 0 Å². The Labute approximate surface area is 150 Å². The van der Waals surface area contributed by atoms with E-state index in [1.807, 2.05) is 43.3 Å². The highest BCUT2D eigenvalue weighted by Crippen LogP contribution is 2.36. The van der Waals surface area contributed by atoms with Crippen molar-refractivity contribution in [2.45, 2.75) is 0 Å². The lowest BCUT2D eigenvalue weighted by molar-refractivity contribution is 1.02. The maximum Gasteiger partial charge on any atom is 0.227 e. The number of aromatic nitrogens is 4. The fourth-order valence-electron chi connectivity index (χ4n) is 2.31. The highest BCUT2D eigenvalue weighted by atomic mass is 79.9. The van der Waals surface area contributed by atoms with Gasteiger partial charge in [0.05, 0.1) is 0 Å². The average Bonchev–Trinajstić information content (AvgIpc) is 2.96. The smallest absolute Gasteiger partial charge is 0.227 e. The average molecular weight is 401 g/mol. The van der Waals surface area contributed by atoms with Crippen molar-refractivity contribution >= 4 is 65.3 Å². The van der Waals surface area contributed by atoms with Crippen LogP contribution in [0.3, 0.4) is 0 Å². The summed E-state index contributed by atoms with van der Waals surface area (Å²) < 4.78 is 1.98. The van der Waals surface area contributed by atoms with Crippen molar-refractivity contribution in [3.63, 3.8) is 0 Å². The lowest BCUT2D eigenvalue weighted by Gasteiger charge is -2.13. The first-order valence-electron chi connectivity index (χ1n) is 7.23. The van der Waals surface area contributed by atoms with Crippen LogP contribution in [-0.4, -0.2) is 34.0 Å². The van der Waals surface area contributed by atoms with Gasteiger partial charge in [0.1, 0.15) is 20.6 Å². The molecule has 0 spiro atoms. The Morgan fingerprint density at radius 3 is 2.50 bits per heavy atom. The van der Waals surface area contributed by atoms with Gasteiger partial charge in [-0.05, 0) is 24.3 Å². The van der Waals surface area contributed by atoms with E-state index in [4.69, 9.17) is 0 Å². The van der Waals surface area contributed by atoms with Crippen LogP contribution >= 0.6 is 27.3 Å². The van der Waals surface area contributed by atoms with E-state index in [1.165, 1.54) is 0 Å². The molecule has 0 atom stereocenters. The zero-order valence-electron chi connectivity index (χ0n) is 13.0. The molecule has 8 heteroatoms. The van der Waals surface area contributed by atoms with E-state index in [9.17, 15) is 0 Å². The molecule has 3 aromatic heterocycles. The molecule has 6 nitrogen and oxygen atoms in total. The predicted molar refractivity (Wildman–Crippen MR) is 102 cm³/mol. The Bertz CT molecular complexity index is 1030. The van der Waals surface area contributed by atoms with Crippen LogP contribution in [0.15, 0.2) is 41.1 Å². The molecule has 0 unspecified atom stereocenters. The van der Waals surface area contributed by atoms with Gasteiger partial charge in [-0.1, -0.05) is 15.9 Å². The van der Waals surface area contributed by atoms with Crippen molar-refractivity contribution in [3.8, 4) is 0 Å². The molecule has 0 aliphatic heterocycles. The maximum absolute atomic E-state index is 4.66. The van der Waals surface area contributed by atoms with Gasteiger partial charge in [-0.25, -0.2) is 15.0 Å². The summed E-state index contributed by atoms with van der Waals surface area (Å²) in [5.41, 5.74) is 2.59. The van der Waals surface area contributed by atoms with Crippen molar-refractivity contribution in [2.75, 3.05) is 24.3 Å². The van der Waals surface area contributed by atoms with Crippen molar-refractivity contribution in [1.29, 1.82) is 0 Å². The van der Waals surface area contributed by atoms with Gasteiger partial charge >= 0.3 is 0 Å². The van der Waals surface area contributed by atoms with Crippen LogP contribution in [0, 0.1) is 0 Å². The minimum Gasteiger partial charge on any atom is -0.347 e. The molecule has 0 amide bonds. The SMILES string of the molecule is CN(C)c1nc(Nc2ccc(Br)cc2)c2sc3nccnc3c2n1. The van der Waals surface area contributed by atoms with Gasteiger partial charge in [0.25, 0.3) is 0 Å². The number of hydrogen-bond donors (Lipinski definition) is 1. The molecular formula is C16H13BrN6S. The minimum absolute atomic E-state index is 0.632. The molecule has 0 radical (unpaired) electrons. The van der Waals surface area contributed by atoms with Crippen molar-refractivity contribution in [1.82, 2.24) is 19.9 Å². The van der Waals surface area contributed by atoms with Crippen molar-refractivity contribution in [3.05, 3.63) is 41.1 Å². The summed E-state index contributed by atoms with van der Waals surface area (Å²) in [7, 11) is 3.84. The Morgan fingerprint density at radius 2 is 1.75 bits per heavy atom. The van der Waals surface area contributed by atoms with Crippen LogP contribution in [0.4, 0.5) is 17.5 Å². The third-order valence-corrected chi connectivity index (χ3v) is 5.06. The van der Waals surface area contributed by atoms with Crippen LogP contribution in [-0.2, 0) is 0 Å². The van der Waals surface area contributed by atoms with Gasteiger partial charge < -0.3 is 10.2 Å². The van der Waals surface area contributed by atoms with Crippen LogP contribution in [0.25, 0.3) is 20.6 Å². The molecule has 0 aliphatic rings. The zero-order valence-corrected chi connectivity index (χ0v) is 15.4. The second-order valence-electron chi connectivity index (χ2n) is 5.39. The standard InChI is InChI=1S/C16H13BrN6S/c1-23(2)16-21-11-12-15(19-8-7-18-12)24-13(11)14(22-16)20-10-5-3-9(17)4-6-10/h3-8H,1-2H3,(H,20,21,22). The number of anilines is 3. The molecule has 0 fully saturated rings. The van der Waals surface area contributed by atoms with E-state index in [0.29, 0.717) is 5.95 Å². The van der Waals surface area contributed by atoms with Crippen LogP contribution < -0.4 is 10.2 Å². The molecular weight excluding hydrogens is 388 g/mol. The van der Waals surface area contributed by atoms with Gasteiger partial charge in [-0.15, -0.1) is 11.3 Å². The van der Waals surface area contributed by atoms with Crippen molar-refractivity contribution < 1.29 is 0 Å². The summed E-state index contributed by atoms with van der Waals surface area (Å²) in [6.45, 7) is 0. The molecule has 0 saturated heterocycles. The summed E-state index contributed by atoms with van der Waals surface area (Å²) in [6, 6.07) is 7.97. The molecule has 4 aromatic rings.